The summed E-state index contributed by atoms with van der Waals surface area (Å²) in [7, 11) is 0. The molecule has 0 saturated carbocycles. The SMILES string of the molecule is O=c1oc2ccc(I)cc2c(=O)n1-c1ccc(Cl)cc1F. The molecule has 0 unspecified atom stereocenters. The third-order valence-corrected chi connectivity index (χ3v) is 3.81. The predicted octanol–water partition coefficient (Wildman–Crippen LogP) is 3.34. The van der Waals surface area contributed by atoms with Crippen molar-refractivity contribution in [1.29, 1.82) is 0 Å². The van der Waals surface area contributed by atoms with Gasteiger partial charge in [-0.05, 0) is 59.0 Å². The number of benzene rings is 2. The van der Waals surface area contributed by atoms with Gasteiger partial charge in [0.25, 0.3) is 5.56 Å². The van der Waals surface area contributed by atoms with E-state index < -0.39 is 17.1 Å². The van der Waals surface area contributed by atoms with E-state index in [2.05, 4.69) is 0 Å². The molecular formula is C14H6ClFINO3. The van der Waals surface area contributed by atoms with Gasteiger partial charge in [0.2, 0.25) is 0 Å². The third-order valence-electron chi connectivity index (χ3n) is 2.91. The average Bonchev–Trinajstić information content (AvgIpc) is 2.42. The molecule has 1 heterocycles. The molecule has 106 valence electrons. The Balaban J connectivity index is 2.43. The number of aromatic nitrogens is 1. The van der Waals surface area contributed by atoms with E-state index in [1.54, 1.807) is 12.1 Å². The summed E-state index contributed by atoms with van der Waals surface area (Å²) in [6.07, 6.45) is 0. The maximum absolute atomic E-state index is 13.9. The van der Waals surface area contributed by atoms with E-state index >= 15 is 0 Å². The fraction of sp³-hybridized carbons (Fsp3) is 0. The second-order valence-electron chi connectivity index (χ2n) is 4.24. The van der Waals surface area contributed by atoms with Crippen molar-refractivity contribution in [3.05, 3.63) is 71.7 Å². The van der Waals surface area contributed by atoms with Crippen LogP contribution in [0.2, 0.25) is 5.02 Å². The van der Waals surface area contributed by atoms with Gasteiger partial charge in [-0.2, -0.15) is 0 Å². The van der Waals surface area contributed by atoms with Crippen molar-refractivity contribution in [1.82, 2.24) is 4.57 Å². The van der Waals surface area contributed by atoms with E-state index in [0.29, 0.717) is 4.57 Å². The summed E-state index contributed by atoms with van der Waals surface area (Å²) in [5.41, 5.74) is -0.670. The lowest BCUT2D eigenvalue weighted by molar-refractivity contribution is 0.496. The summed E-state index contributed by atoms with van der Waals surface area (Å²) in [5, 5.41) is 0.375. The highest BCUT2D eigenvalue weighted by Crippen LogP contribution is 2.18. The van der Waals surface area contributed by atoms with Crippen LogP contribution in [0.5, 0.6) is 0 Å². The van der Waals surface area contributed by atoms with Crippen molar-refractivity contribution in [2.75, 3.05) is 0 Å². The first kappa shape index (κ1) is 14.3. The molecule has 0 saturated heterocycles. The number of halogens is 3. The number of nitrogens with zero attached hydrogens (tertiary/aromatic N) is 1. The van der Waals surface area contributed by atoms with Gasteiger partial charge in [-0.3, -0.25) is 4.79 Å². The van der Waals surface area contributed by atoms with Gasteiger partial charge in [-0.25, -0.2) is 13.8 Å². The van der Waals surface area contributed by atoms with Crippen LogP contribution in [-0.2, 0) is 0 Å². The molecule has 0 fully saturated rings. The lowest BCUT2D eigenvalue weighted by atomic mass is 10.2. The minimum Gasteiger partial charge on any atom is -0.409 e. The van der Waals surface area contributed by atoms with Crippen molar-refractivity contribution >= 4 is 45.2 Å². The zero-order valence-electron chi connectivity index (χ0n) is 10.3. The fourth-order valence-corrected chi connectivity index (χ4v) is 2.62. The summed E-state index contributed by atoms with van der Waals surface area (Å²) in [6, 6.07) is 8.49. The van der Waals surface area contributed by atoms with Crippen LogP contribution in [0, 0.1) is 9.39 Å². The predicted molar refractivity (Wildman–Crippen MR) is 85.8 cm³/mol. The molecule has 3 aromatic rings. The normalized spacial score (nSPS) is 11.0. The quantitative estimate of drug-likeness (QED) is 0.571. The summed E-state index contributed by atoms with van der Waals surface area (Å²) in [5.74, 6) is -1.73. The summed E-state index contributed by atoms with van der Waals surface area (Å²) in [4.78, 5) is 24.4. The van der Waals surface area contributed by atoms with Gasteiger partial charge >= 0.3 is 5.76 Å². The van der Waals surface area contributed by atoms with Gasteiger partial charge in [0.1, 0.15) is 11.4 Å². The Hall–Kier alpha value is -1.67. The second-order valence-corrected chi connectivity index (χ2v) is 5.93. The highest BCUT2D eigenvalue weighted by atomic mass is 127. The molecular weight excluding hydrogens is 412 g/mol. The molecule has 7 heteroatoms. The Bertz CT molecular complexity index is 980. The van der Waals surface area contributed by atoms with Crippen molar-refractivity contribution in [3.8, 4) is 5.69 Å². The Morgan fingerprint density at radius 1 is 1.14 bits per heavy atom. The largest absolute Gasteiger partial charge is 0.427 e. The minimum atomic E-state index is -0.949. The summed E-state index contributed by atoms with van der Waals surface area (Å²) < 4.78 is 20.5. The van der Waals surface area contributed by atoms with Crippen LogP contribution in [0.3, 0.4) is 0 Å². The molecule has 4 nitrogen and oxygen atoms in total. The van der Waals surface area contributed by atoms with Gasteiger partial charge < -0.3 is 4.42 Å². The zero-order chi connectivity index (χ0) is 15.1. The molecule has 3 rings (SSSR count). The molecule has 0 aliphatic rings. The molecule has 0 bridgehead atoms. The van der Waals surface area contributed by atoms with Gasteiger partial charge in [-0.1, -0.05) is 11.6 Å². The lowest BCUT2D eigenvalue weighted by Gasteiger charge is -2.06. The molecule has 0 atom stereocenters. The Kier molecular flexibility index (Phi) is 3.58. The Morgan fingerprint density at radius 2 is 1.90 bits per heavy atom. The first-order chi connectivity index (χ1) is 9.97. The molecule has 0 radical (unpaired) electrons. The van der Waals surface area contributed by atoms with Crippen LogP contribution in [0.25, 0.3) is 16.7 Å². The number of hydrogen-bond donors (Lipinski definition) is 0. The fourth-order valence-electron chi connectivity index (χ4n) is 1.97. The standard InChI is InChI=1S/C14H6ClFINO3/c15-7-1-3-11(10(16)5-7)18-13(19)9-6-8(17)2-4-12(9)21-14(18)20/h1-6H. The Morgan fingerprint density at radius 3 is 2.62 bits per heavy atom. The van der Waals surface area contributed by atoms with Crippen LogP contribution >= 0.6 is 34.2 Å². The van der Waals surface area contributed by atoms with Crippen molar-refractivity contribution in [3.63, 3.8) is 0 Å². The molecule has 0 aliphatic carbocycles. The smallest absolute Gasteiger partial charge is 0.409 e. The highest BCUT2D eigenvalue weighted by Gasteiger charge is 2.15. The molecule has 0 N–H and O–H groups in total. The molecule has 2 aromatic carbocycles. The summed E-state index contributed by atoms with van der Waals surface area (Å²) >= 11 is 7.70. The first-order valence-electron chi connectivity index (χ1n) is 5.78. The number of rotatable bonds is 1. The molecule has 21 heavy (non-hydrogen) atoms. The minimum absolute atomic E-state index is 0.163. The van der Waals surface area contributed by atoms with Crippen LogP contribution < -0.4 is 11.3 Å². The number of hydrogen-bond acceptors (Lipinski definition) is 3. The van der Waals surface area contributed by atoms with E-state index in [4.69, 9.17) is 16.0 Å². The molecule has 0 spiro atoms. The van der Waals surface area contributed by atoms with Gasteiger partial charge in [0.05, 0.1) is 11.1 Å². The van der Waals surface area contributed by atoms with Gasteiger partial charge in [0.15, 0.2) is 0 Å². The molecule has 1 aromatic heterocycles. The molecule has 0 aliphatic heterocycles. The van der Waals surface area contributed by atoms with Crippen LogP contribution in [-0.4, -0.2) is 4.57 Å². The zero-order valence-corrected chi connectivity index (χ0v) is 13.2. The average molecular weight is 418 g/mol. The first-order valence-corrected chi connectivity index (χ1v) is 7.24. The van der Waals surface area contributed by atoms with E-state index in [0.717, 1.165) is 9.64 Å². The van der Waals surface area contributed by atoms with Gasteiger partial charge in [-0.15, -0.1) is 0 Å². The highest BCUT2D eigenvalue weighted by molar-refractivity contribution is 14.1. The van der Waals surface area contributed by atoms with Crippen molar-refractivity contribution in [2.45, 2.75) is 0 Å². The maximum atomic E-state index is 13.9. The van der Waals surface area contributed by atoms with Crippen LogP contribution in [0.1, 0.15) is 0 Å². The topological polar surface area (TPSA) is 52.2 Å². The summed E-state index contributed by atoms with van der Waals surface area (Å²) in [6.45, 7) is 0. The van der Waals surface area contributed by atoms with Crippen LogP contribution in [0.15, 0.2) is 50.4 Å². The molecule has 0 amide bonds. The van der Waals surface area contributed by atoms with Crippen LogP contribution in [0.4, 0.5) is 4.39 Å². The van der Waals surface area contributed by atoms with E-state index in [1.165, 1.54) is 18.2 Å². The monoisotopic (exact) mass is 417 g/mol. The van der Waals surface area contributed by atoms with Crippen molar-refractivity contribution < 1.29 is 8.81 Å². The van der Waals surface area contributed by atoms with Crippen molar-refractivity contribution in [2.24, 2.45) is 0 Å². The van der Waals surface area contributed by atoms with E-state index in [9.17, 15) is 14.0 Å². The van der Waals surface area contributed by atoms with E-state index in [1.807, 2.05) is 22.6 Å². The second kappa shape index (κ2) is 5.27. The van der Waals surface area contributed by atoms with Gasteiger partial charge in [0, 0.05) is 8.59 Å². The Labute approximate surface area is 135 Å². The number of fused-ring (bicyclic) bond motifs is 1. The lowest BCUT2D eigenvalue weighted by Crippen LogP contribution is -2.31. The van der Waals surface area contributed by atoms with E-state index in [-0.39, 0.29) is 21.7 Å². The third kappa shape index (κ3) is 2.49. The maximum Gasteiger partial charge on any atom is 0.427 e.